The van der Waals surface area contributed by atoms with E-state index in [0.717, 1.165) is 45.9 Å². The quantitative estimate of drug-likeness (QED) is 0.865. The third kappa shape index (κ3) is 3.50. The highest BCUT2D eigenvalue weighted by molar-refractivity contribution is 5.85. The number of hydrogen-bond donors (Lipinski definition) is 0. The van der Waals surface area contributed by atoms with E-state index in [9.17, 15) is 0 Å². The van der Waals surface area contributed by atoms with Crippen LogP contribution in [0.1, 0.15) is 5.56 Å². The second-order valence-corrected chi connectivity index (χ2v) is 6.59. The van der Waals surface area contributed by atoms with Gasteiger partial charge in [0.1, 0.15) is 0 Å². The molecule has 0 saturated carbocycles. The molecule has 0 radical (unpaired) electrons. The van der Waals surface area contributed by atoms with Crippen LogP contribution in [0.4, 0.5) is 0 Å². The Bertz CT molecular complexity index is 739. The molecular formula is C20H24N4. The molecule has 4 heteroatoms. The molecule has 2 aromatic rings. The fraction of sp³-hybridized carbons (Fsp3) is 0.350. The largest absolute Gasteiger partial charge is 0.346 e. The summed E-state index contributed by atoms with van der Waals surface area (Å²) < 4.78 is 0. The maximum atomic E-state index is 4.21. The fourth-order valence-corrected chi connectivity index (χ4v) is 3.53. The Labute approximate surface area is 143 Å². The van der Waals surface area contributed by atoms with E-state index in [1.165, 1.54) is 16.3 Å². The molecule has 1 saturated heterocycles. The minimum Gasteiger partial charge on any atom is -0.346 e. The highest BCUT2D eigenvalue weighted by Gasteiger charge is 2.18. The van der Waals surface area contributed by atoms with Gasteiger partial charge in [-0.15, -0.1) is 0 Å². The van der Waals surface area contributed by atoms with E-state index in [2.05, 4.69) is 68.2 Å². The lowest BCUT2D eigenvalue weighted by Crippen LogP contribution is -2.49. The maximum Gasteiger partial charge on any atom is 0.0918 e. The molecule has 2 heterocycles. The number of benzene rings is 2. The first-order valence-corrected chi connectivity index (χ1v) is 8.72. The zero-order valence-electron chi connectivity index (χ0n) is 14.0. The Kier molecular flexibility index (Phi) is 4.58. The van der Waals surface area contributed by atoms with Gasteiger partial charge in [-0.1, -0.05) is 42.5 Å². The van der Waals surface area contributed by atoms with Gasteiger partial charge in [0.05, 0.1) is 13.0 Å². The van der Waals surface area contributed by atoms with Gasteiger partial charge in [0.2, 0.25) is 0 Å². The minimum atomic E-state index is 0.972. The van der Waals surface area contributed by atoms with E-state index < -0.39 is 0 Å². The Morgan fingerprint density at radius 3 is 2.50 bits per heavy atom. The van der Waals surface area contributed by atoms with Crippen molar-refractivity contribution >= 4 is 17.1 Å². The average molecular weight is 320 g/mol. The van der Waals surface area contributed by atoms with Crippen LogP contribution in [-0.4, -0.2) is 60.4 Å². The van der Waals surface area contributed by atoms with E-state index in [4.69, 9.17) is 0 Å². The lowest BCUT2D eigenvalue weighted by molar-refractivity contribution is 0.0991. The van der Waals surface area contributed by atoms with Gasteiger partial charge < -0.3 is 4.90 Å². The number of nitrogens with zero attached hydrogens (tertiary/aromatic N) is 4. The lowest BCUT2D eigenvalue weighted by atomic mass is 10.0. The topological polar surface area (TPSA) is 22.1 Å². The van der Waals surface area contributed by atoms with Crippen LogP contribution < -0.4 is 0 Å². The van der Waals surface area contributed by atoms with E-state index in [1.54, 1.807) is 0 Å². The van der Waals surface area contributed by atoms with Crippen LogP contribution in [0.5, 0.6) is 0 Å². The van der Waals surface area contributed by atoms with Crippen LogP contribution in [0, 0.1) is 0 Å². The highest BCUT2D eigenvalue weighted by atomic mass is 15.4. The van der Waals surface area contributed by atoms with E-state index >= 15 is 0 Å². The Morgan fingerprint density at radius 1 is 0.875 bits per heavy atom. The van der Waals surface area contributed by atoms with Crippen LogP contribution in [0.25, 0.3) is 10.8 Å². The molecule has 124 valence electrons. The number of fused-ring (bicyclic) bond motifs is 1. The zero-order chi connectivity index (χ0) is 16.2. The highest BCUT2D eigenvalue weighted by Crippen LogP contribution is 2.20. The van der Waals surface area contributed by atoms with Crippen molar-refractivity contribution in [2.24, 2.45) is 4.99 Å². The van der Waals surface area contributed by atoms with Crippen LogP contribution >= 0.6 is 0 Å². The Balaban J connectivity index is 1.34. The molecule has 24 heavy (non-hydrogen) atoms. The van der Waals surface area contributed by atoms with Crippen molar-refractivity contribution in [2.45, 2.75) is 6.54 Å². The van der Waals surface area contributed by atoms with Crippen molar-refractivity contribution in [3.8, 4) is 0 Å². The maximum absolute atomic E-state index is 4.21. The van der Waals surface area contributed by atoms with Gasteiger partial charge in [-0.2, -0.15) is 0 Å². The molecule has 0 spiro atoms. The summed E-state index contributed by atoms with van der Waals surface area (Å²) in [7, 11) is 0. The van der Waals surface area contributed by atoms with E-state index in [-0.39, 0.29) is 0 Å². The SMILES string of the molecule is C1=CN=CN(CN2CCN(Cc3cccc4ccccc34)CC2)C1. The first-order valence-electron chi connectivity index (χ1n) is 8.72. The van der Waals surface area contributed by atoms with Crippen molar-refractivity contribution in [1.82, 2.24) is 14.7 Å². The molecule has 0 bridgehead atoms. The summed E-state index contributed by atoms with van der Waals surface area (Å²) in [5.74, 6) is 0. The minimum absolute atomic E-state index is 0.972. The van der Waals surface area contributed by atoms with Crippen LogP contribution in [0.3, 0.4) is 0 Å². The third-order valence-electron chi connectivity index (χ3n) is 4.88. The van der Waals surface area contributed by atoms with Crippen molar-refractivity contribution in [3.63, 3.8) is 0 Å². The van der Waals surface area contributed by atoms with Crippen LogP contribution in [-0.2, 0) is 6.54 Å². The summed E-state index contributed by atoms with van der Waals surface area (Å²) in [6, 6.07) is 15.3. The lowest BCUT2D eigenvalue weighted by Gasteiger charge is -2.37. The molecule has 2 aromatic carbocycles. The summed E-state index contributed by atoms with van der Waals surface area (Å²) in [6.45, 7) is 7.50. The molecule has 4 rings (SSSR count). The molecule has 0 N–H and O–H groups in total. The molecule has 0 aromatic heterocycles. The fourth-order valence-electron chi connectivity index (χ4n) is 3.53. The van der Waals surface area contributed by atoms with Crippen molar-refractivity contribution < 1.29 is 0 Å². The van der Waals surface area contributed by atoms with Crippen molar-refractivity contribution in [1.29, 1.82) is 0 Å². The van der Waals surface area contributed by atoms with Crippen molar-refractivity contribution in [2.75, 3.05) is 39.4 Å². The summed E-state index contributed by atoms with van der Waals surface area (Å²) in [5, 5.41) is 2.73. The van der Waals surface area contributed by atoms with Gasteiger partial charge in [-0.05, 0) is 22.4 Å². The van der Waals surface area contributed by atoms with E-state index in [0.29, 0.717) is 0 Å². The third-order valence-corrected chi connectivity index (χ3v) is 4.88. The first-order chi connectivity index (χ1) is 11.9. The molecule has 1 fully saturated rings. The molecule has 2 aliphatic rings. The molecule has 0 aliphatic carbocycles. The van der Waals surface area contributed by atoms with Crippen LogP contribution in [0.2, 0.25) is 0 Å². The number of rotatable bonds is 4. The summed E-state index contributed by atoms with van der Waals surface area (Å²) in [5.41, 5.74) is 1.44. The molecule has 2 aliphatic heterocycles. The molecule has 0 unspecified atom stereocenters. The second-order valence-electron chi connectivity index (χ2n) is 6.59. The van der Waals surface area contributed by atoms with Crippen molar-refractivity contribution in [3.05, 3.63) is 60.3 Å². The Morgan fingerprint density at radius 2 is 1.67 bits per heavy atom. The van der Waals surface area contributed by atoms with Gasteiger partial charge in [0.15, 0.2) is 0 Å². The van der Waals surface area contributed by atoms with Gasteiger partial charge in [-0.3, -0.25) is 9.80 Å². The molecular weight excluding hydrogens is 296 g/mol. The van der Waals surface area contributed by atoms with Gasteiger partial charge in [0, 0.05) is 45.5 Å². The van der Waals surface area contributed by atoms with E-state index in [1.807, 2.05) is 12.5 Å². The standard InChI is InChI=1S/C20H24N4/c1-2-8-20-18(5-1)6-3-7-19(20)15-22-11-13-23(14-12-22)17-24-10-4-9-21-16-24/h1-9,16H,10-15,17H2. The Hall–Kier alpha value is -2.17. The summed E-state index contributed by atoms with van der Waals surface area (Å²) in [6.07, 6.45) is 5.93. The average Bonchev–Trinajstić information content (AvgIpc) is 2.65. The summed E-state index contributed by atoms with van der Waals surface area (Å²) in [4.78, 5) is 11.6. The number of aliphatic imine (C=N–C) groups is 1. The summed E-state index contributed by atoms with van der Waals surface area (Å²) >= 11 is 0. The molecule has 0 amide bonds. The molecule has 4 nitrogen and oxygen atoms in total. The van der Waals surface area contributed by atoms with Gasteiger partial charge in [0.25, 0.3) is 0 Å². The first kappa shape index (κ1) is 15.4. The predicted octanol–water partition coefficient (Wildman–Crippen LogP) is 2.77. The smallest absolute Gasteiger partial charge is 0.0918 e. The molecule has 0 atom stereocenters. The second kappa shape index (κ2) is 7.16. The predicted molar refractivity (Wildman–Crippen MR) is 100 cm³/mol. The van der Waals surface area contributed by atoms with Gasteiger partial charge in [-0.25, -0.2) is 4.99 Å². The van der Waals surface area contributed by atoms with Crippen LogP contribution in [0.15, 0.2) is 59.7 Å². The number of hydrogen-bond acceptors (Lipinski definition) is 4. The van der Waals surface area contributed by atoms with Gasteiger partial charge >= 0.3 is 0 Å². The number of piperazine rings is 1. The normalized spacial score (nSPS) is 19.2. The monoisotopic (exact) mass is 320 g/mol. The zero-order valence-corrected chi connectivity index (χ0v) is 14.0.